The van der Waals surface area contributed by atoms with Crippen molar-refractivity contribution in [1.82, 2.24) is 16.0 Å². The molecule has 1 saturated heterocycles. The van der Waals surface area contributed by atoms with E-state index in [1.807, 2.05) is 6.92 Å². The molecule has 0 bridgehead atoms. The van der Waals surface area contributed by atoms with Gasteiger partial charge in [-0.25, -0.2) is 0 Å². The van der Waals surface area contributed by atoms with Crippen molar-refractivity contribution in [2.45, 2.75) is 13.0 Å². The van der Waals surface area contributed by atoms with Crippen LogP contribution in [-0.2, 0) is 9.59 Å². The van der Waals surface area contributed by atoms with E-state index >= 15 is 0 Å². The highest BCUT2D eigenvalue weighted by atomic mass is 16.3. The number of hydrogen-bond acceptors (Lipinski definition) is 4. The minimum atomic E-state index is -0.367. The van der Waals surface area contributed by atoms with Crippen LogP contribution in [0.1, 0.15) is 6.92 Å². The van der Waals surface area contributed by atoms with Gasteiger partial charge in [0.1, 0.15) is 6.04 Å². The Bertz CT molecular complexity index is 235. The van der Waals surface area contributed by atoms with Crippen LogP contribution in [0.25, 0.3) is 0 Å². The van der Waals surface area contributed by atoms with Gasteiger partial charge in [0, 0.05) is 19.7 Å². The van der Waals surface area contributed by atoms with Crippen LogP contribution in [0.15, 0.2) is 0 Å². The second-order valence-electron chi connectivity index (χ2n) is 3.77. The summed E-state index contributed by atoms with van der Waals surface area (Å²) in [7, 11) is 0. The molecular formula is C9H17N3O3. The number of carbonyl (C=O) groups excluding carboxylic acids is 2. The van der Waals surface area contributed by atoms with Gasteiger partial charge in [-0.2, -0.15) is 0 Å². The van der Waals surface area contributed by atoms with Crippen molar-refractivity contribution in [3.63, 3.8) is 0 Å². The van der Waals surface area contributed by atoms with Gasteiger partial charge in [-0.05, 0) is 5.92 Å². The lowest BCUT2D eigenvalue weighted by atomic mass is 10.2. The van der Waals surface area contributed by atoms with Crippen molar-refractivity contribution in [2.75, 3.05) is 26.2 Å². The summed E-state index contributed by atoms with van der Waals surface area (Å²) in [4.78, 5) is 22.3. The third-order valence-corrected chi connectivity index (χ3v) is 2.27. The number of carbonyl (C=O) groups is 2. The molecule has 0 saturated carbocycles. The molecule has 15 heavy (non-hydrogen) atoms. The van der Waals surface area contributed by atoms with Gasteiger partial charge in [-0.3, -0.25) is 14.9 Å². The van der Waals surface area contributed by atoms with Gasteiger partial charge in [0.2, 0.25) is 11.8 Å². The maximum Gasteiger partial charge on any atom is 0.238 e. The lowest BCUT2D eigenvalue weighted by molar-refractivity contribution is -0.126. The standard InChI is InChI=1S/C9H17N3O3/c1-6(5-13)2-12-9(15)7-3-11-8(14)4-10-7/h6-7,10,13H,2-5H2,1H3,(H,11,14)(H,12,15). The van der Waals surface area contributed by atoms with E-state index in [1.165, 1.54) is 0 Å². The highest BCUT2D eigenvalue weighted by Gasteiger charge is 2.23. The van der Waals surface area contributed by atoms with Gasteiger partial charge < -0.3 is 15.7 Å². The number of aliphatic hydroxyl groups is 1. The third-order valence-electron chi connectivity index (χ3n) is 2.27. The van der Waals surface area contributed by atoms with Gasteiger partial charge in [0.15, 0.2) is 0 Å². The molecule has 0 radical (unpaired) electrons. The molecule has 1 aliphatic heterocycles. The third kappa shape index (κ3) is 3.85. The summed E-state index contributed by atoms with van der Waals surface area (Å²) in [5.41, 5.74) is 0. The fourth-order valence-electron chi connectivity index (χ4n) is 1.21. The van der Waals surface area contributed by atoms with Crippen LogP contribution < -0.4 is 16.0 Å². The zero-order valence-corrected chi connectivity index (χ0v) is 8.75. The van der Waals surface area contributed by atoms with Crippen LogP contribution in [0.4, 0.5) is 0 Å². The van der Waals surface area contributed by atoms with E-state index in [2.05, 4.69) is 16.0 Å². The van der Waals surface area contributed by atoms with Crippen LogP contribution in [0.3, 0.4) is 0 Å². The Labute approximate surface area is 88.4 Å². The Kier molecular flexibility index (Phi) is 4.51. The smallest absolute Gasteiger partial charge is 0.238 e. The summed E-state index contributed by atoms with van der Waals surface area (Å²) < 4.78 is 0. The first-order valence-corrected chi connectivity index (χ1v) is 5.02. The second-order valence-corrected chi connectivity index (χ2v) is 3.77. The summed E-state index contributed by atoms with van der Waals surface area (Å²) in [6.07, 6.45) is 0. The molecule has 2 amide bonds. The summed E-state index contributed by atoms with van der Waals surface area (Å²) in [5.74, 6) is -0.190. The number of aliphatic hydroxyl groups excluding tert-OH is 1. The van der Waals surface area contributed by atoms with E-state index in [1.54, 1.807) is 0 Å². The topological polar surface area (TPSA) is 90.5 Å². The largest absolute Gasteiger partial charge is 0.396 e. The van der Waals surface area contributed by atoms with Crippen LogP contribution in [0.2, 0.25) is 0 Å². The minimum absolute atomic E-state index is 0.0483. The molecular weight excluding hydrogens is 198 g/mol. The Morgan fingerprint density at radius 1 is 1.73 bits per heavy atom. The van der Waals surface area contributed by atoms with Crippen molar-refractivity contribution >= 4 is 11.8 Å². The average molecular weight is 215 g/mol. The Hall–Kier alpha value is -1.14. The first kappa shape index (κ1) is 11.9. The van der Waals surface area contributed by atoms with Gasteiger partial charge in [0.05, 0.1) is 6.54 Å². The number of piperazine rings is 1. The number of hydrogen-bond donors (Lipinski definition) is 4. The van der Waals surface area contributed by atoms with Crippen molar-refractivity contribution in [2.24, 2.45) is 5.92 Å². The highest BCUT2D eigenvalue weighted by molar-refractivity contribution is 5.86. The summed E-state index contributed by atoms with van der Waals surface area (Å²) in [6, 6.07) is -0.367. The van der Waals surface area contributed by atoms with E-state index in [4.69, 9.17) is 5.11 Å². The SMILES string of the molecule is CC(CO)CNC(=O)C1CNC(=O)CN1. The van der Waals surface area contributed by atoms with Crippen LogP contribution in [0.5, 0.6) is 0 Å². The molecule has 6 nitrogen and oxygen atoms in total. The molecule has 2 unspecified atom stereocenters. The zero-order valence-electron chi connectivity index (χ0n) is 8.75. The lowest BCUT2D eigenvalue weighted by Crippen LogP contribution is -2.58. The van der Waals surface area contributed by atoms with Crippen LogP contribution >= 0.6 is 0 Å². The molecule has 4 N–H and O–H groups in total. The molecule has 0 aromatic rings. The van der Waals surface area contributed by atoms with Gasteiger partial charge in [-0.1, -0.05) is 6.92 Å². The normalized spacial score (nSPS) is 23.1. The Balaban J connectivity index is 2.25. The summed E-state index contributed by atoms with van der Waals surface area (Å²) in [5, 5.41) is 16.9. The molecule has 6 heteroatoms. The number of amides is 2. The molecule has 1 aliphatic rings. The molecule has 1 rings (SSSR count). The Morgan fingerprint density at radius 2 is 2.47 bits per heavy atom. The van der Waals surface area contributed by atoms with Crippen molar-refractivity contribution in [3.05, 3.63) is 0 Å². The van der Waals surface area contributed by atoms with E-state index in [0.29, 0.717) is 13.1 Å². The molecule has 0 aromatic carbocycles. The lowest BCUT2D eigenvalue weighted by Gasteiger charge is -2.23. The summed E-state index contributed by atoms with van der Waals surface area (Å²) in [6.45, 7) is 2.83. The van der Waals surface area contributed by atoms with E-state index < -0.39 is 0 Å². The molecule has 1 heterocycles. The van der Waals surface area contributed by atoms with E-state index in [-0.39, 0.29) is 36.9 Å². The molecule has 86 valence electrons. The minimum Gasteiger partial charge on any atom is -0.396 e. The monoisotopic (exact) mass is 215 g/mol. The number of rotatable bonds is 4. The molecule has 2 atom stereocenters. The van der Waals surface area contributed by atoms with Gasteiger partial charge >= 0.3 is 0 Å². The van der Waals surface area contributed by atoms with Gasteiger partial charge in [0.25, 0.3) is 0 Å². The fraction of sp³-hybridized carbons (Fsp3) is 0.778. The fourth-order valence-corrected chi connectivity index (χ4v) is 1.21. The Morgan fingerprint density at radius 3 is 3.00 bits per heavy atom. The summed E-state index contributed by atoms with van der Waals surface area (Å²) >= 11 is 0. The quantitative estimate of drug-likeness (QED) is 0.429. The van der Waals surface area contributed by atoms with Crippen molar-refractivity contribution < 1.29 is 14.7 Å². The first-order chi connectivity index (χ1) is 7.13. The molecule has 0 spiro atoms. The highest BCUT2D eigenvalue weighted by Crippen LogP contribution is 1.92. The average Bonchev–Trinajstić information content (AvgIpc) is 2.26. The predicted molar refractivity (Wildman–Crippen MR) is 54.1 cm³/mol. The van der Waals surface area contributed by atoms with Gasteiger partial charge in [-0.15, -0.1) is 0 Å². The maximum absolute atomic E-state index is 11.5. The van der Waals surface area contributed by atoms with Crippen molar-refractivity contribution in [1.29, 1.82) is 0 Å². The molecule has 1 fully saturated rings. The van der Waals surface area contributed by atoms with E-state index in [0.717, 1.165) is 0 Å². The second kappa shape index (κ2) is 5.67. The molecule has 0 aromatic heterocycles. The predicted octanol–water partition coefficient (Wildman–Crippen LogP) is -2.18. The van der Waals surface area contributed by atoms with Crippen LogP contribution in [-0.4, -0.2) is 49.2 Å². The van der Waals surface area contributed by atoms with Crippen molar-refractivity contribution in [3.8, 4) is 0 Å². The zero-order chi connectivity index (χ0) is 11.3. The molecule has 0 aliphatic carbocycles. The van der Waals surface area contributed by atoms with Crippen LogP contribution in [0, 0.1) is 5.92 Å². The first-order valence-electron chi connectivity index (χ1n) is 5.02. The number of nitrogens with one attached hydrogen (secondary N) is 3. The maximum atomic E-state index is 11.5. The van der Waals surface area contributed by atoms with E-state index in [9.17, 15) is 9.59 Å².